The van der Waals surface area contributed by atoms with Crippen molar-refractivity contribution in [3.8, 4) is 28.4 Å². The number of aromatic nitrogens is 6. The number of carbonyl (C=O) groups excluding carboxylic acids is 3. The first-order chi connectivity index (χ1) is 25.5. The molecule has 6 heterocycles. The van der Waals surface area contributed by atoms with Crippen molar-refractivity contribution in [2.75, 3.05) is 57.1 Å². The van der Waals surface area contributed by atoms with Crippen LogP contribution in [0.1, 0.15) is 51.0 Å². The van der Waals surface area contributed by atoms with E-state index in [-0.39, 0.29) is 29.2 Å². The molecule has 0 atom stereocenters. The van der Waals surface area contributed by atoms with E-state index in [0.717, 1.165) is 31.7 Å². The maximum atomic E-state index is 13.8. The van der Waals surface area contributed by atoms with Gasteiger partial charge in [-0.05, 0) is 64.6 Å². The smallest absolute Gasteiger partial charge is 0.415 e. The van der Waals surface area contributed by atoms with E-state index < -0.39 is 11.7 Å². The molecule has 7 rings (SSSR count). The van der Waals surface area contributed by atoms with E-state index in [1.165, 1.54) is 23.8 Å². The van der Waals surface area contributed by atoms with Crippen LogP contribution in [0, 0.1) is 5.92 Å². The Kier molecular flexibility index (Phi) is 10.2. The zero-order chi connectivity index (χ0) is 37.3. The van der Waals surface area contributed by atoms with Gasteiger partial charge in [0.25, 0.3) is 5.91 Å². The summed E-state index contributed by atoms with van der Waals surface area (Å²) in [6.07, 6.45) is 7.99. The largest absolute Gasteiger partial charge is 0.494 e. The lowest BCUT2D eigenvalue weighted by Gasteiger charge is -2.32. The number of nitrogens with one attached hydrogen (secondary N) is 1. The number of amides is 2. The summed E-state index contributed by atoms with van der Waals surface area (Å²) in [6.45, 7) is 10.7. The Labute approximate surface area is 311 Å². The molecule has 278 valence electrons. The van der Waals surface area contributed by atoms with Gasteiger partial charge in [-0.3, -0.25) is 19.5 Å². The second kappa shape index (κ2) is 15.0. The van der Waals surface area contributed by atoms with Crippen LogP contribution in [0.15, 0.2) is 49.1 Å². The molecule has 1 saturated heterocycles. The van der Waals surface area contributed by atoms with Crippen molar-refractivity contribution < 1.29 is 28.6 Å². The molecule has 5 aromatic rings. The molecule has 1 fully saturated rings. The number of rotatable bonds is 9. The highest BCUT2D eigenvalue weighted by Crippen LogP contribution is 2.41. The van der Waals surface area contributed by atoms with Gasteiger partial charge in [-0.2, -0.15) is 10.2 Å². The van der Waals surface area contributed by atoms with Crippen molar-refractivity contribution in [2.24, 2.45) is 5.92 Å². The van der Waals surface area contributed by atoms with E-state index in [2.05, 4.69) is 20.3 Å². The summed E-state index contributed by atoms with van der Waals surface area (Å²) in [6, 6.07) is 7.11. The fraction of sp³-hybridized carbons (Fsp3) is 0.432. The Morgan fingerprint density at radius 1 is 1.06 bits per heavy atom. The van der Waals surface area contributed by atoms with Crippen LogP contribution in [0.2, 0.25) is 0 Å². The summed E-state index contributed by atoms with van der Waals surface area (Å²) < 4.78 is 20.9. The first kappa shape index (κ1) is 36.2. The van der Waals surface area contributed by atoms with Crippen LogP contribution < -0.4 is 19.7 Å². The highest BCUT2D eigenvalue weighted by molar-refractivity contribution is 8.13. The van der Waals surface area contributed by atoms with Crippen LogP contribution in [0.5, 0.6) is 11.5 Å². The van der Waals surface area contributed by atoms with E-state index in [1.807, 2.05) is 40.0 Å². The number of hydrogen-bond acceptors (Lipinski definition) is 12. The quantitative estimate of drug-likeness (QED) is 0.216. The second-order valence-electron chi connectivity index (χ2n) is 13.9. The number of hydrogen-bond donors (Lipinski definition) is 1. The third-order valence-corrected chi connectivity index (χ3v) is 10.1. The average molecular weight is 742 g/mol. The van der Waals surface area contributed by atoms with Gasteiger partial charge in [0, 0.05) is 49.7 Å². The van der Waals surface area contributed by atoms with Crippen LogP contribution in [0.4, 0.5) is 10.5 Å². The first-order valence-electron chi connectivity index (χ1n) is 17.7. The molecule has 0 radical (unpaired) electrons. The molecule has 15 nitrogen and oxygen atoms in total. The van der Waals surface area contributed by atoms with Gasteiger partial charge in [0.2, 0.25) is 0 Å². The maximum absolute atomic E-state index is 13.8. The zero-order valence-corrected chi connectivity index (χ0v) is 31.3. The molecule has 2 amide bonds. The van der Waals surface area contributed by atoms with Gasteiger partial charge in [-0.1, -0.05) is 18.7 Å². The summed E-state index contributed by atoms with van der Waals surface area (Å²) in [5.74, 6) is 1.38. The molecule has 1 N–H and O–H groups in total. The molecule has 0 bridgehead atoms. The highest BCUT2D eigenvalue weighted by atomic mass is 32.2. The molecule has 0 unspecified atom stereocenters. The van der Waals surface area contributed by atoms with Gasteiger partial charge in [0.05, 0.1) is 47.7 Å². The topological polar surface area (TPSA) is 158 Å². The van der Waals surface area contributed by atoms with Gasteiger partial charge < -0.3 is 24.4 Å². The maximum Gasteiger partial charge on any atom is 0.415 e. The number of fused-ring (bicyclic) bond motifs is 3. The summed E-state index contributed by atoms with van der Waals surface area (Å²) >= 11 is 1.40. The number of anilines is 1. The summed E-state index contributed by atoms with van der Waals surface area (Å²) in [4.78, 5) is 52.4. The molecule has 0 aliphatic carbocycles. The third kappa shape index (κ3) is 7.51. The van der Waals surface area contributed by atoms with Crippen LogP contribution in [-0.4, -0.2) is 109 Å². The average Bonchev–Trinajstić information content (AvgIpc) is 3.75. The van der Waals surface area contributed by atoms with Crippen molar-refractivity contribution in [2.45, 2.75) is 46.1 Å². The number of benzene rings is 1. The zero-order valence-electron chi connectivity index (χ0n) is 30.5. The number of likely N-dealkylation sites (tertiary alicyclic amines) is 1. The Bertz CT molecular complexity index is 2170. The van der Waals surface area contributed by atoms with E-state index in [1.54, 1.807) is 46.0 Å². The molecule has 0 spiro atoms. The van der Waals surface area contributed by atoms with Crippen molar-refractivity contribution in [1.82, 2.24) is 39.6 Å². The lowest BCUT2D eigenvalue weighted by Crippen LogP contribution is -2.41. The molecular formula is C37H43N9O6S. The minimum Gasteiger partial charge on any atom is -0.494 e. The number of thioether (sulfide) groups is 1. The van der Waals surface area contributed by atoms with E-state index in [4.69, 9.17) is 24.3 Å². The molecule has 1 aromatic carbocycles. The monoisotopic (exact) mass is 741 g/mol. The predicted octanol–water partition coefficient (Wildman–Crippen LogP) is 4.99. The lowest BCUT2D eigenvalue weighted by molar-refractivity contribution is -0.115. The summed E-state index contributed by atoms with van der Waals surface area (Å²) in [7, 11) is 1.53. The number of methoxy groups -OCH3 is 1. The minimum atomic E-state index is -0.683. The van der Waals surface area contributed by atoms with Crippen molar-refractivity contribution in [3.63, 3.8) is 0 Å². The Morgan fingerprint density at radius 3 is 2.62 bits per heavy atom. The van der Waals surface area contributed by atoms with E-state index in [9.17, 15) is 14.4 Å². The number of nitrogens with zero attached hydrogens (tertiary/aromatic N) is 8. The Hall–Kier alpha value is -5.22. The fourth-order valence-corrected chi connectivity index (χ4v) is 7.40. The third-order valence-electron chi connectivity index (χ3n) is 9.22. The Morgan fingerprint density at radius 2 is 1.87 bits per heavy atom. The second-order valence-corrected chi connectivity index (χ2v) is 15.2. The van der Waals surface area contributed by atoms with Crippen LogP contribution in [0.3, 0.4) is 0 Å². The molecule has 2 aliphatic rings. The number of carbonyl (C=O) groups is 3. The van der Waals surface area contributed by atoms with Crippen LogP contribution in [0.25, 0.3) is 33.5 Å². The van der Waals surface area contributed by atoms with Crippen molar-refractivity contribution in [3.05, 3.63) is 54.7 Å². The van der Waals surface area contributed by atoms with Crippen molar-refractivity contribution >= 4 is 51.1 Å². The highest BCUT2D eigenvalue weighted by Gasteiger charge is 2.31. The lowest BCUT2D eigenvalue weighted by atomic mass is 9.98. The van der Waals surface area contributed by atoms with E-state index >= 15 is 0 Å². The standard InChI is InChI=1S/C37H43N9O6S/c1-6-53-35(48)23-8-13-43(14-9-23)15-11-39-34(47)32-25-21-40-26(24-22-41-45-12-7-10-38-33(24)45)18-27(25)46(42-32)29-20-31-28(19-30(29)50-5)44(16-17-51-31)36(49)52-37(2,3)4/h7,10,12,18-23H,6,8-9,11,13-17H2,1-5H3,(H,39,47). The van der Waals surface area contributed by atoms with Crippen LogP contribution >= 0.6 is 11.8 Å². The molecular weight excluding hydrogens is 699 g/mol. The number of ether oxygens (including phenoxy) is 3. The summed E-state index contributed by atoms with van der Waals surface area (Å²) in [5, 5.41) is 13.1. The molecule has 2 aliphatic heterocycles. The van der Waals surface area contributed by atoms with Gasteiger partial charge >= 0.3 is 6.09 Å². The molecule has 16 heteroatoms. The summed E-state index contributed by atoms with van der Waals surface area (Å²) in [5.41, 5.74) is 3.01. The minimum absolute atomic E-state index is 0.0985. The Balaban J connectivity index is 1.22. The van der Waals surface area contributed by atoms with E-state index in [0.29, 0.717) is 70.3 Å². The SMILES string of the molecule is CCSC(=O)C1CCN(CCNC(=O)c2nn(-c3cc4c(cc3OC)N(C(=O)OC(C)(C)C)CCO4)c3cc(-c4cnn5cccnc45)ncc23)CC1. The van der Waals surface area contributed by atoms with Gasteiger partial charge in [0.1, 0.15) is 29.4 Å². The number of piperidine rings is 1. The molecule has 4 aromatic heterocycles. The molecule has 53 heavy (non-hydrogen) atoms. The number of pyridine rings is 1. The van der Waals surface area contributed by atoms with Gasteiger partial charge in [-0.25, -0.2) is 19.0 Å². The van der Waals surface area contributed by atoms with Gasteiger partial charge in [-0.15, -0.1) is 0 Å². The first-order valence-corrected chi connectivity index (χ1v) is 18.7. The van der Waals surface area contributed by atoms with Crippen LogP contribution in [-0.2, 0) is 9.53 Å². The normalized spacial score (nSPS) is 15.3. The predicted molar refractivity (Wildman–Crippen MR) is 201 cm³/mol. The fourth-order valence-electron chi connectivity index (χ4n) is 6.65. The molecule has 0 saturated carbocycles. The van der Waals surface area contributed by atoms with Gasteiger partial charge in [0.15, 0.2) is 16.5 Å². The van der Waals surface area contributed by atoms with Crippen molar-refractivity contribution in [1.29, 1.82) is 0 Å².